The molecule has 9 nitrogen and oxygen atoms in total. The minimum absolute atomic E-state index is 0.0131. The molecule has 0 radical (unpaired) electrons. The van der Waals surface area contributed by atoms with Crippen molar-refractivity contribution < 1.29 is 14.5 Å². The number of benzene rings is 2. The molecule has 1 amide bonds. The minimum Gasteiger partial charge on any atom is -0.496 e. The van der Waals surface area contributed by atoms with E-state index in [2.05, 4.69) is 15.7 Å². The van der Waals surface area contributed by atoms with Crippen LogP contribution in [0.2, 0.25) is 0 Å². The Balaban J connectivity index is 1.64. The molecule has 166 valence electrons. The number of ether oxygens (including phenoxy) is 1. The van der Waals surface area contributed by atoms with Gasteiger partial charge in [0.05, 0.1) is 35.2 Å². The molecular formula is C23H25N5O4. The molecule has 0 spiro atoms. The van der Waals surface area contributed by atoms with E-state index in [4.69, 9.17) is 4.74 Å². The largest absolute Gasteiger partial charge is 0.496 e. The molecule has 2 N–H and O–H groups in total. The van der Waals surface area contributed by atoms with Crippen molar-refractivity contribution in [2.24, 2.45) is 0 Å². The SMILES string of the molecule is COc1ccccc1CNC(=O)c1cnn(-c2ccc([N+](=O)[O-])cc2)c1C1CCNCC1. The van der Waals surface area contributed by atoms with Crippen molar-refractivity contribution >= 4 is 11.6 Å². The van der Waals surface area contributed by atoms with E-state index in [9.17, 15) is 14.9 Å². The number of nitrogens with zero attached hydrogens (tertiary/aromatic N) is 3. The Morgan fingerprint density at radius 3 is 2.62 bits per heavy atom. The minimum atomic E-state index is -0.433. The van der Waals surface area contributed by atoms with Gasteiger partial charge in [0.15, 0.2) is 0 Å². The summed E-state index contributed by atoms with van der Waals surface area (Å²) in [5, 5.41) is 21.8. The summed E-state index contributed by atoms with van der Waals surface area (Å²) in [6.45, 7) is 2.05. The lowest BCUT2D eigenvalue weighted by atomic mass is 9.91. The molecule has 0 bridgehead atoms. The van der Waals surface area contributed by atoms with Crippen LogP contribution in [0.3, 0.4) is 0 Å². The van der Waals surface area contributed by atoms with Gasteiger partial charge in [-0.1, -0.05) is 18.2 Å². The lowest BCUT2D eigenvalue weighted by Crippen LogP contribution is -2.30. The quantitative estimate of drug-likeness (QED) is 0.436. The maximum absolute atomic E-state index is 13.2. The van der Waals surface area contributed by atoms with E-state index >= 15 is 0 Å². The molecule has 2 aromatic carbocycles. The van der Waals surface area contributed by atoms with Gasteiger partial charge in [-0.2, -0.15) is 5.10 Å². The van der Waals surface area contributed by atoms with Crippen molar-refractivity contribution in [3.8, 4) is 11.4 Å². The monoisotopic (exact) mass is 435 g/mol. The van der Waals surface area contributed by atoms with E-state index in [0.717, 1.165) is 37.2 Å². The average Bonchev–Trinajstić information content (AvgIpc) is 3.28. The Kier molecular flexibility index (Phi) is 6.46. The fourth-order valence-corrected chi connectivity index (χ4v) is 4.06. The Bertz CT molecular complexity index is 1100. The molecule has 0 saturated carbocycles. The summed E-state index contributed by atoms with van der Waals surface area (Å²) in [6, 6.07) is 13.8. The normalized spacial score (nSPS) is 14.2. The van der Waals surface area contributed by atoms with Gasteiger partial charge in [-0.25, -0.2) is 4.68 Å². The molecule has 0 atom stereocenters. The third-order valence-corrected chi connectivity index (χ3v) is 5.71. The molecule has 0 aliphatic carbocycles. The number of nitrogens with one attached hydrogen (secondary N) is 2. The lowest BCUT2D eigenvalue weighted by Gasteiger charge is -2.24. The third-order valence-electron chi connectivity index (χ3n) is 5.71. The zero-order valence-corrected chi connectivity index (χ0v) is 17.8. The maximum atomic E-state index is 13.2. The summed E-state index contributed by atoms with van der Waals surface area (Å²) in [5.74, 6) is 0.659. The summed E-state index contributed by atoms with van der Waals surface area (Å²) in [4.78, 5) is 23.7. The Morgan fingerprint density at radius 1 is 1.22 bits per heavy atom. The highest BCUT2D eigenvalue weighted by atomic mass is 16.6. The number of piperidine rings is 1. The Hall–Kier alpha value is -3.72. The van der Waals surface area contributed by atoms with Gasteiger partial charge in [-0.05, 0) is 44.1 Å². The summed E-state index contributed by atoms with van der Waals surface area (Å²) >= 11 is 0. The first-order valence-electron chi connectivity index (χ1n) is 10.5. The predicted octanol–water partition coefficient (Wildman–Crippen LogP) is 3.19. The second-order valence-corrected chi connectivity index (χ2v) is 7.65. The molecule has 32 heavy (non-hydrogen) atoms. The molecule has 2 heterocycles. The summed E-state index contributed by atoms with van der Waals surface area (Å²) in [7, 11) is 1.60. The number of nitro groups is 1. The van der Waals surface area contributed by atoms with E-state index < -0.39 is 4.92 Å². The number of amides is 1. The molecule has 3 aromatic rings. The first kappa shape index (κ1) is 21.5. The molecule has 1 saturated heterocycles. The van der Waals surface area contributed by atoms with Gasteiger partial charge in [0.1, 0.15) is 5.75 Å². The number of hydrogen-bond acceptors (Lipinski definition) is 6. The van der Waals surface area contributed by atoms with Gasteiger partial charge in [0.25, 0.3) is 11.6 Å². The number of para-hydroxylation sites is 1. The third kappa shape index (κ3) is 4.47. The molecular weight excluding hydrogens is 410 g/mol. The molecule has 1 aromatic heterocycles. The molecule has 0 unspecified atom stereocenters. The number of carbonyl (C=O) groups is 1. The standard InChI is InChI=1S/C23H25N5O4/c1-32-21-5-3-2-4-17(21)14-25-23(29)20-15-26-27(22(20)16-10-12-24-13-11-16)18-6-8-19(9-7-18)28(30)31/h2-9,15-16,24H,10-14H2,1H3,(H,25,29). The zero-order valence-electron chi connectivity index (χ0n) is 17.8. The van der Waals surface area contributed by atoms with Crippen LogP contribution in [-0.4, -0.2) is 40.8 Å². The number of non-ortho nitro benzene ring substituents is 1. The average molecular weight is 435 g/mol. The van der Waals surface area contributed by atoms with E-state index in [1.54, 1.807) is 30.1 Å². The van der Waals surface area contributed by atoms with E-state index in [1.165, 1.54) is 12.1 Å². The Labute approximate surface area is 185 Å². The fraction of sp³-hybridized carbons (Fsp3) is 0.304. The van der Waals surface area contributed by atoms with Gasteiger partial charge >= 0.3 is 0 Å². The molecule has 9 heteroatoms. The van der Waals surface area contributed by atoms with Crippen LogP contribution in [0.25, 0.3) is 5.69 Å². The highest BCUT2D eigenvalue weighted by molar-refractivity contribution is 5.95. The number of hydrogen-bond donors (Lipinski definition) is 2. The van der Waals surface area contributed by atoms with Crippen molar-refractivity contribution in [3.63, 3.8) is 0 Å². The van der Waals surface area contributed by atoms with Crippen molar-refractivity contribution in [1.29, 1.82) is 0 Å². The van der Waals surface area contributed by atoms with Gasteiger partial charge in [0.2, 0.25) is 0 Å². The van der Waals surface area contributed by atoms with Gasteiger partial charge in [0, 0.05) is 30.2 Å². The molecule has 1 fully saturated rings. The topological polar surface area (TPSA) is 111 Å². The van der Waals surface area contributed by atoms with E-state index in [0.29, 0.717) is 23.5 Å². The molecule has 1 aliphatic rings. The number of aromatic nitrogens is 2. The number of rotatable bonds is 7. The summed E-state index contributed by atoms with van der Waals surface area (Å²) in [6.07, 6.45) is 3.34. The second kappa shape index (κ2) is 9.61. The number of methoxy groups -OCH3 is 1. The van der Waals surface area contributed by atoms with E-state index in [-0.39, 0.29) is 17.5 Å². The van der Waals surface area contributed by atoms with Crippen LogP contribution in [0.15, 0.2) is 54.7 Å². The van der Waals surface area contributed by atoms with Gasteiger partial charge in [-0.15, -0.1) is 0 Å². The van der Waals surface area contributed by atoms with Crippen LogP contribution in [-0.2, 0) is 6.54 Å². The van der Waals surface area contributed by atoms with Crippen LogP contribution < -0.4 is 15.4 Å². The van der Waals surface area contributed by atoms with Gasteiger partial charge < -0.3 is 15.4 Å². The fourth-order valence-electron chi connectivity index (χ4n) is 4.06. The number of carbonyl (C=O) groups excluding carboxylic acids is 1. The smallest absolute Gasteiger partial charge is 0.269 e. The molecule has 4 rings (SSSR count). The summed E-state index contributed by atoms with van der Waals surface area (Å²) < 4.78 is 7.10. The van der Waals surface area contributed by atoms with Crippen LogP contribution >= 0.6 is 0 Å². The maximum Gasteiger partial charge on any atom is 0.269 e. The van der Waals surface area contributed by atoms with Crippen molar-refractivity contribution in [2.75, 3.05) is 20.2 Å². The predicted molar refractivity (Wildman–Crippen MR) is 119 cm³/mol. The second-order valence-electron chi connectivity index (χ2n) is 7.65. The highest BCUT2D eigenvalue weighted by Crippen LogP contribution is 2.31. The van der Waals surface area contributed by atoms with Crippen molar-refractivity contribution in [3.05, 3.63) is 81.7 Å². The zero-order chi connectivity index (χ0) is 22.5. The highest BCUT2D eigenvalue weighted by Gasteiger charge is 2.27. The van der Waals surface area contributed by atoms with Crippen LogP contribution in [0.1, 0.15) is 40.4 Å². The number of nitro benzene ring substituents is 1. The van der Waals surface area contributed by atoms with Crippen LogP contribution in [0.4, 0.5) is 5.69 Å². The lowest BCUT2D eigenvalue weighted by molar-refractivity contribution is -0.384. The van der Waals surface area contributed by atoms with Crippen LogP contribution in [0, 0.1) is 10.1 Å². The Morgan fingerprint density at radius 2 is 1.94 bits per heavy atom. The van der Waals surface area contributed by atoms with Crippen LogP contribution in [0.5, 0.6) is 5.75 Å². The molecule has 1 aliphatic heterocycles. The first-order valence-corrected chi connectivity index (χ1v) is 10.5. The van der Waals surface area contributed by atoms with E-state index in [1.807, 2.05) is 24.3 Å². The van der Waals surface area contributed by atoms with Crippen molar-refractivity contribution in [2.45, 2.75) is 25.3 Å². The van der Waals surface area contributed by atoms with Crippen molar-refractivity contribution in [1.82, 2.24) is 20.4 Å². The first-order chi connectivity index (χ1) is 15.6. The van der Waals surface area contributed by atoms with Gasteiger partial charge in [-0.3, -0.25) is 14.9 Å². The summed E-state index contributed by atoms with van der Waals surface area (Å²) in [5.41, 5.74) is 2.93.